The number of anilines is 2. The van der Waals surface area contributed by atoms with Gasteiger partial charge in [0.15, 0.2) is 5.65 Å². The quantitative estimate of drug-likeness (QED) is 0.493. The number of benzene rings is 1. The van der Waals surface area contributed by atoms with Crippen molar-refractivity contribution in [2.75, 3.05) is 5.32 Å². The number of pyridine rings is 1. The summed E-state index contributed by atoms with van der Waals surface area (Å²) in [5, 5.41) is 7.28. The van der Waals surface area contributed by atoms with Gasteiger partial charge in [-0.25, -0.2) is 9.97 Å². The molecule has 2 heterocycles. The zero-order chi connectivity index (χ0) is 21.8. The van der Waals surface area contributed by atoms with Crippen molar-refractivity contribution in [1.29, 1.82) is 0 Å². The molecule has 2 aromatic heterocycles. The van der Waals surface area contributed by atoms with Gasteiger partial charge in [-0.1, -0.05) is 54.5 Å². The summed E-state index contributed by atoms with van der Waals surface area (Å²) in [5.41, 5.74) is 2.27. The van der Waals surface area contributed by atoms with Crippen LogP contribution in [0.25, 0.3) is 11.2 Å². The molecule has 8 heteroatoms. The number of aromatic nitrogens is 3. The van der Waals surface area contributed by atoms with Gasteiger partial charge in [-0.15, -0.1) is 5.92 Å². The van der Waals surface area contributed by atoms with Crippen LogP contribution in [0.5, 0.6) is 0 Å². The normalized spacial score (nSPS) is 14.2. The molecule has 0 saturated heterocycles. The van der Waals surface area contributed by atoms with Crippen molar-refractivity contribution < 1.29 is 4.79 Å². The lowest BCUT2D eigenvalue weighted by Gasteiger charge is -2.22. The van der Waals surface area contributed by atoms with Crippen LogP contribution >= 0.6 is 23.2 Å². The third kappa shape index (κ3) is 4.79. The van der Waals surface area contributed by atoms with Crippen molar-refractivity contribution in [2.24, 2.45) is 0 Å². The zero-order valence-corrected chi connectivity index (χ0v) is 18.7. The molecule has 4 rings (SSSR count). The van der Waals surface area contributed by atoms with Crippen LogP contribution in [0.3, 0.4) is 0 Å². The summed E-state index contributed by atoms with van der Waals surface area (Å²) < 4.78 is 1.84. The molecule has 0 atom stereocenters. The van der Waals surface area contributed by atoms with Crippen LogP contribution in [-0.2, 0) is 6.54 Å². The Kier molecular flexibility index (Phi) is 6.64. The van der Waals surface area contributed by atoms with Crippen molar-refractivity contribution in [2.45, 2.75) is 51.6 Å². The number of nitrogens with one attached hydrogen (secondary N) is 2. The Morgan fingerprint density at radius 3 is 2.68 bits per heavy atom. The van der Waals surface area contributed by atoms with Crippen LogP contribution in [0.2, 0.25) is 10.0 Å². The maximum atomic E-state index is 12.7. The van der Waals surface area contributed by atoms with Gasteiger partial charge in [-0.05, 0) is 38.0 Å². The topological polar surface area (TPSA) is 71.8 Å². The fraction of sp³-hybridized carbons (Fsp3) is 0.348. The van der Waals surface area contributed by atoms with Crippen LogP contribution < -0.4 is 10.6 Å². The molecule has 3 aromatic rings. The van der Waals surface area contributed by atoms with Crippen LogP contribution in [0, 0.1) is 11.8 Å². The summed E-state index contributed by atoms with van der Waals surface area (Å²) in [4.78, 5) is 21.9. The highest BCUT2D eigenvalue weighted by atomic mass is 35.5. The standard InChI is InChI=1S/C23H23Cl2N5O/c1-2-3-12-30-21-19(28-23(30)29-20-17(24)10-7-11-18(20)25)13-15(14-26-21)22(31)27-16-8-5-4-6-9-16/h7,10-11,13-14,16H,4-6,8-9,12H2,1H3,(H,27,31)(H,28,29). The van der Waals surface area contributed by atoms with Gasteiger partial charge in [0.25, 0.3) is 5.91 Å². The Labute approximate surface area is 191 Å². The average molecular weight is 456 g/mol. The van der Waals surface area contributed by atoms with Crippen molar-refractivity contribution in [3.05, 3.63) is 46.1 Å². The van der Waals surface area contributed by atoms with Crippen molar-refractivity contribution in [3.63, 3.8) is 0 Å². The Bertz CT molecular complexity index is 1150. The molecular weight excluding hydrogens is 433 g/mol. The molecule has 0 aliphatic heterocycles. The molecule has 31 heavy (non-hydrogen) atoms. The van der Waals surface area contributed by atoms with E-state index in [1.807, 2.05) is 4.57 Å². The number of para-hydroxylation sites is 1. The van der Waals surface area contributed by atoms with Crippen molar-refractivity contribution in [3.8, 4) is 11.8 Å². The van der Waals surface area contributed by atoms with E-state index >= 15 is 0 Å². The van der Waals surface area contributed by atoms with E-state index in [-0.39, 0.29) is 11.9 Å². The number of hydrogen-bond donors (Lipinski definition) is 2. The van der Waals surface area contributed by atoms with E-state index in [0.29, 0.717) is 45.0 Å². The van der Waals surface area contributed by atoms with E-state index in [1.54, 1.807) is 37.4 Å². The number of imidazole rings is 1. The molecular formula is C23H23Cl2N5O. The first-order chi connectivity index (χ1) is 15.1. The second-order valence-electron chi connectivity index (χ2n) is 7.55. The highest BCUT2D eigenvalue weighted by Crippen LogP contribution is 2.33. The number of hydrogen-bond acceptors (Lipinski definition) is 4. The van der Waals surface area contributed by atoms with Gasteiger partial charge in [0, 0.05) is 12.2 Å². The first-order valence-corrected chi connectivity index (χ1v) is 11.1. The minimum atomic E-state index is -0.118. The van der Waals surface area contributed by atoms with Crippen LogP contribution in [0.1, 0.15) is 49.4 Å². The van der Waals surface area contributed by atoms with Crippen molar-refractivity contribution in [1.82, 2.24) is 19.9 Å². The van der Waals surface area contributed by atoms with E-state index in [1.165, 1.54) is 6.42 Å². The summed E-state index contributed by atoms with van der Waals surface area (Å²) in [6.45, 7) is 2.16. The van der Waals surface area contributed by atoms with Crippen LogP contribution in [0.4, 0.5) is 11.6 Å². The van der Waals surface area contributed by atoms with E-state index < -0.39 is 0 Å². The number of amides is 1. The Morgan fingerprint density at radius 1 is 1.23 bits per heavy atom. The molecule has 1 aromatic carbocycles. The highest BCUT2D eigenvalue weighted by Gasteiger charge is 2.19. The maximum Gasteiger partial charge on any atom is 0.253 e. The van der Waals surface area contributed by atoms with Gasteiger partial charge in [0.2, 0.25) is 5.95 Å². The number of fused-ring (bicyclic) bond motifs is 1. The average Bonchev–Trinajstić information content (AvgIpc) is 3.11. The third-order valence-electron chi connectivity index (χ3n) is 5.40. The minimum absolute atomic E-state index is 0.118. The van der Waals surface area contributed by atoms with E-state index in [2.05, 4.69) is 32.4 Å². The summed E-state index contributed by atoms with van der Waals surface area (Å²) in [5.74, 6) is 6.31. The molecule has 1 aliphatic rings. The molecule has 0 radical (unpaired) electrons. The fourth-order valence-corrected chi connectivity index (χ4v) is 4.28. The number of carbonyl (C=O) groups is 1. The summed E-state index contributed by atoms with van der Waals surface area (Å²) >= 11 is 12.6. The van der Waals surface area contributed by atoms with E-state index in [0.717, 1.165) is 25.7 Å². The summed E-state index contributed by atoms with van der Waals surface area (Å²) in [7, 11) is 0. The number of halogens is 2. The zero-order valence-electron chi connectivity index (χ0n) is 17.2. The van der Waals surface area contributed by atoms with Gasteiger partial charge in [0.05, 0.1) is 27.8 Å². The monoisotopic (exact) mass is 455 g/mol. The van der Waals surface area contributed by atoms with E-state index in [9.17, 15) is 4.79 Å². The number of carbonyl (C=O) groups excluding carboxylic acids is 1. The van der Waals surface area contributed by atoms with Crippen LogP contribution in [-0.4, -0.2) is 26.5 Å². The van der Waals surface area contributed by atoms with E-state index in [4.69, 9.17) is 23.2 Å². The SMILES string of the molecule is CC#CCn1c(Nc2c(Cl)cccc2Cl)nc2cc(C(=O)NC3CCCCC3)cnc21. The predicted molar refractivity (Wildman–Crippen MR) is 125 cm³/mol. The van der Waals surface area contributed by atoms with Gasteiger partial charge in [-0.3, -0.25) is 9.36 Å². The Balaban J connectivity index is 1.67. The second-order valence-corrected chi connectivity index (χ2v) is 8.36. The molecule has 1 fully saturated rings. The second kappa shape index (κ2) is 9.59. The minimum Gasteiger partial charge on any atom is -0.349 e. The van der Waals surface area contributed by atoms with Gasteiger partial charge < -0.3 is 10.6 Å². The van der Waals surface area contributed by atoms with Gasteiger partial charge >= 0.3 is 0 Å². The number of nitrogens with zero attached hydrogens (tertiary/aromatic N) is 3. The lowest BCUT2D eigenvalue weighted by Crippen LogP contribution is -2.36. The fourth-order valence-electron chi connectivity index (χ4n) is 3.78. The lowest BCUT2D eigenvalue weighted by atomic mass is 9.95. The largest absolute Gasteiger partial charge is 0.349 e. The summed E-state index contributed by atoms with van der Waals surface area (Å²) in [6, 6.07) is 7.27. The maximum absolute atomic E-state index is 12.7. The molecule has 160 valence electrons. The first kappa shape index (κ1) is 21.5. The highest BCUT2D eigenvalue weighted by molar-refractivity contribution is 6.39. The predicted octanol–water partition coefficient (Wildman–Crippen LogP) is 5.57. The molecule has 0 bridgehead atoms. The van der Waals surface area contributed by atoms with Gasteiger partial charge in [-0.2, -0.15) is 0 Å². The van der Waals surface area contributed by atoms with Crippen molar-refractivity contribution >= 4 is 51.9 Å². The molecule has 6 nitrogen and oxygen atoms in total. The van der Waals surface area contributed by atoms with Crippen LogP contribution in [0.15, 0.2) is 30.5 Å². The van der Waals surface area contributed by atoms with Gasteiger partial charge in [0.1, 0.15) is 5.52 Å². The lowest BCUT2D eigenvalue weighted by molar-refractivity contribution is 0.0927. The first-order valence-electron chi connectivity index (χ1n) is 10.3. The number of rotatable bonds is 5. The Hall–Kier alpha value is -2.75. The molecule has 1 aliphatic carbocycles. The molecule has 1 saturated carbocycles. The Morgan fingerprint density at radius 2 is 1.97 bits per heavy atom. The molecule has 0 unspecified atom stereocenters. The smallest absolute Gasteiger partial charge is 0.253 e. The summed E-state index contributed by atoms with van der Waals surface area (Å²) in [6.07, 6.45) is 7.19. The third-order valence-corrected chi connectivity index (χ3v) is 6.03. The molecule has 0 spiro atoms. The molecule has 1 amide bonds. The molecule has 2 N–H and O–H groups in total.